The van der Waals surface area contributed by atoms with Gasteiger partial charge >= 0.3 is 13.7 Å². The van der Waals surface area contributed by atoms with E-state index in [1.165, 1.54) is 4.67 Å². The standard InChI is InChI=1S/C25H31N2O5P/c1-3-5-17-31-33(30,32-18-6-4-2)27(20-21-13-9-7-10-14-21)24(23(19-26)25(28)29)22-15-11-8-12-16-22/h7-16H,3-6,17-18,20H2,1-2H3,(H,28,29). The lowest BCUT2D eigenvalue weighted by atomic mass is 10.1. The molecule has 0 aromatic heterocycles. The molecule has 0 fully saturated rings. The quantitative estimate of drug-likeness (QED) is 0.151. The Kier molecular flexibility index (Phi) is 10.9. The van der Waals surface area contributed by atoms with Crippen LogP contribution in [0.3, 0.4) is 0 Å². The molecule has 0 saturated heterocycles. The van der Waals surface area contributed by atoms with Crippen LogP contribution >= 0.6 is 7.75 Å². The average Bonchev–Trinajstić information content (AvgIpc) is 2.82. The minimum atomic E-state index is -4.02. The highest BCUT2D eigenvalue weighted by molar-refractivity contribution is 7.51. The van der Waals surface area contributed by atoms with Crippen molar-refractivity contribution in [3.8, 4) is 6.07 Å². The molecule has 7 nitrogen and oxygen atoms in total. The number of hydrogen-bond acceptors (Lipinski definition) is 5. The number of nitriles is 1. The Morgan fingerprint density at radius 1 is 0.970 bits per heavy atom. The van der Waals surface area contributed by atoms with Crippen LogP contribution in [0.15, 0.2) is 66.2 Å². The van der Waals surface area contributed by atoms with Crippen molar-refractivity contribution in [3.05, 3.63) is 77.4 Å². The number of aliphatic carboxylic acids is 1. The van der Waals surface area contributed by atoms with Crippen LogP contribution in [0.2, 0.25) is 0 Å². The minimum Gasteiger partial charge on any atom is -0.477 e. The summed E-state index contributed by atoms with van der Waals surface area (Å²) in [4.78, 5) is 12.1. The van der Waals surface area contributed by atoms with Crippen molar-refractivity contribution in [2.24, 2.45) is 0 Å². The van der Waals surface area contributed by atoms with E-state index in [1.54, 1.807) is 36.4 Å². The third-order valence-corrected chi connectivity index (χ3v) is 6.79. The van der Waals surface area contributed by atoms with Crippen molar-refractivity contribution in [2.45, 2.75) is 46.1 Å². The van der Waals surface area contributed by atoms with Gasteiger partial charge in [-0.1, -0.05) is 87.4 Å². The monoisotopic (exact) mass is 470 g/mol. The predicted octanol–water partition coefficient (Wildman–Crippen LogP) is 6.25. The molecule has 2 aromatic carbocycles. The Bertz CT molecular complexity index is 988. The van der Waals surface area contributed by atoms with E-state index in [1.807, 2.05) is 44.2 Å². The SMILES string of the molecule is CCCCOP(=O)(OCCCC)N(Cc1ccccc1)C(=C(C#N)C(=O)O)c1ccccc1. The number of rotatable bonds is 14. The molecular weight excluding hydrogens is 439 g/mol. The van der Waals surface area contributed by atoms with Crippen LogP contribution in [0, 0.1) is 11.3 Å². The lowest BCUT2D eigenvalue weighted by Gasteiger charge is -2.34. The Labute approximate surface area is 195 Å². The zero-order chi connectivity index (χ0) is 24.1. The summed E-state index contributed by atoms with van der Waals surface area (Å²) in [5, 5.41) is 19.6. The van der Waals surface area contributed by atoms with Crippen molar-refractivity contribution >= 4 is 19.4 Å². The summed E-state index contributed by atoms with van der Waals surface area (Å²) in [6.07, 6.45) is 2.98. The molecule has 2 rings (SSSR count). The molecule has 0 radical (unpaired) electrons. The number of hydrogen-bond donors (Lipinski definition) is 1. The zero-order valence-corrected chi connectivity index (χ0v) is 20.0. The molecule has 33 heavy (non-hydrogen) atoms. The van der Waals surface area contributed by atoms with Gasteiger partial charge in [-0.15, -0.1) is 0 Å². The van der Waals surface area contributed by atoms with Crippen LogP contribution in [0.5, 0.6) is 0 Å². The minimum absolute atomic E-state index is 0.00535. The summed E-state index contributed by atoms with van der Waals surface area (Å²) in [5.74, 6) is -1.41. The predicted molar refractivity (Wildman–Crippen MR) is 128 cm³/mol. The van der Waals surface area contributed by atoms with Gasteiger partial charge in [0.2, 0.25) is 0 Å². The molecule has 0 aliphatic rings. The third kappa shape index (κ3) is 7.57. The first-order valence-corrected chi connectivity index (χ1v) is 12.6. The molecule has 0 saturated carbocycles. The first kappa shape index (κ1) is 26.3. The van der Waals surface area contributed by atoms with E-state index in [-0.39, 0.29) is 25.5 Å². The fourth-order valence-corrected chi connectivity index (χ4v) is 4.96. The van der Waals surface area contributed by atoms with Gasteiger partial charge in [-0.05, 0) is 24.0 Å². The fourth-order valence-electron chi connectivity index (χ4n) is 3.09. The van der Waals surface area contributed by atoms with Crippen molar-refractivity contribution in [1.29, 1.82) is 5.26 Å². The third-order valence-electron chi connectivity index (χ3n) is 4.84. The van der Waals surface area contributed by atoms with Gasteiger partial charge in [0.1, 0.15) is 6.07 Å². The normalized spacial score (nSPS) is 12.0. The van der Waals surface area contributed by atoms with E-state index in [9.17, 15) is 19.7 Å². The smallest absolute Gasteiger partial charge is 0.435 e. The van der Waals surface area contributed by atoms with Crippen LogP contribution in [-0.4, -0.2) is 29.0 Å². The number of nitrogens with zero attached hydrogens (tertiary/aromatic N) is 2. The molecular formula is C25H31N2O5P. The Morgan fingerprint density at radius 3 is 1.94 bits per heavy atom. The van der Waals surface area contributed by atoms with Crippen molar-refractivity contribution in [3.63, 3.8) is 0 Å². The maximum absolute atomic E-state index is 14.3. The molecule has 0 heterocycles. The van der Waals surface area contributed by atoms with Gasteiger partial charge in [0, 0.05) is 0 Å². The number of carboxylic acids is 1. The van der Waals surface area contributed by atoms with Gasteiger partial charge in [0.25, 0.3) is 0 Å². The van der Waals surface area contributed by atoms with Gasteiger partial charge in [0.05, 0.1) is 25.5 Å². The van der Waals surface area contributed by atoms with Gasteiger partial charge in [-0.3, -0.25) is 13.7 Å². The average molecular weight is 471 g/mol. The number of unbranched alkanes of at least 4 members (excludes halogenated alkanes) is 2. The maximum Gasteiger partial charge on any atom is 0.435 e. The highest BCUT2D eigenvalue weighted by atomic mass is 31.2. The second kappa shape index (κ2) is 13.6. The summed E-state index contributed by atoms with van der Waals surface area (Å²) >= 11 is 0. The molecule has 0 amide bonds. The van der Waals surface area contributed by atoms with E-state index < -0.39 is 19.3 Å². The van der Waals surface area contributed by atoms with Crippen molar-refractivity contribution in [1.82, 2.24) is 4.67 Å². The van der Waals surface area contributed by atoms with E-state index in [0.29, 0.717) is 18.4 Å². The van der Waals surface area contributed by atoms with Gasteiger partial charge in [-0.25, -0.2) is 9.36 Å². The van der Waals surface area contributed by atoms with E-state index >= 15 is 0 Å². The van der Waals surface area contributed by atoms with E-state index in [2.05, 4.69) is 0 Å². The summed E-state index contributed by atoms with van der Waals surface area (Å²) in [6, 6.07) is 19.6. The molecule has 2 aromatic rings. The maximum atomic E-state index is 14.3. The fraction of sp³-hybridized carbons (Fsp3) is 0.360. The lowest BCUT2D eigenvalue weighted by molar-refractivity contribution is -0.132. The van der Waals surface area contributed by atoms with Crippen LogP contribution in [0.25, 0.3) is 5.70 Å². The highest BCUT2D eigenvalue weighted by Gasteiger charge is 2.38. The van der Waals surface area contributed by atoms with Crippen LogP contribution in [0.1, 0.15) is 50.7 Å². The second-order valence-corrected chi connectivity index (χ2v) is 9.33. The second-order valence-electron chi connectivity index (χ2n) is 7.39. The van der Waals surface area contributed by atoms with Crippen molar-refractivity contribution in [2.75, 3.05) is 13.2 Å². The summed E-state index contributed by atoms with van der Waals surface area (Å²) in [6.45, 7) is 4.38. The number of carboxylic acid groups (broad SMARTS) is 1. The van der Waals surface area contributed by atoms with Gasteiger partial charge < -0.3 is 5.11 Å². The lowest BCUT2D eigenvalue weighted by Crippen LogP contribution is -2.25. The molecule has 0 spiro atoms. The molecule has 0 aliphatic carbocycles. The molecule has 8 heteroatoms. The molecule has 1 N–H and O–H groups in total. The first-order chi connectivity index (χ1) is 16.0. The van der Waals surface area contributed by atoms with Gasteiger partial charge in [-0.2, -0.15) is 5.26 Å². The molecule has 176 valence electrons. The van der Waals surface area contributed by atoms with E-state index in [0.717, 1.165) is 18.4 Å². The largest absolute Gasteiger partial charge is 0.477 e. The molecule has 0 unspecified atom stereocenters. The Balaban J connectivity index is 2.72. The van der Waals surface area contributed by atoms with Crippen LogP contribution in [-0.2, 0) is 25.0 Å². The number of benzene rings is 2. The van der Waals surface area contributed by atoms with E-state index in [4.69, 9.17) is 9.05 Å². The Morgan fingerprint density at radius 2 is 1.48 bits per heavy atom. The highest BCUT2D eigenvalue weighted by Crippen LogP contribution is 2.57. The zero-order valence-electron chi connectivity index (χ0n) is 19.1. The number of carbonyl (C=O) groups is 1. The molecule has 0 aliphatic heterocycles. The molecule has 0 atom stereocenters. The summed E-state index contributed by atoms with van der Waals surface area (Å²) < 4.78 is 27.3. The molecule has 0 bridgehead atoms. The summed E-state index contributed by atoms with van der Waals surface area (Å²) in [7, 11) is -4.02. The topological polar surface area (TPSA) is 99.9 Å². The van der Waals surface area contributed by atoms with Crippen LogP contribution in [0.4, 0.5) is 0 Å². The van der Waals surface area contributed by atoms with Gasteiger partial charge in [0.15, 0.2) is 5.57 Å². The Hall–Kier alpha value is -2.91. The van der Waals surface area contributed by atoms with Crippen LogP contribution < -0.4 is 0 Å². The summed E-state index contributed by atoms with van der Waals surface area (Å²) in [5.41, 5.74) is 0.680. The van der Waals surface area contributed by atoms with Crippen molar-refractivity contribution < 1.29 is 23.5 Å². The first-order valence-electron chi connectivity index (χ1n) is 11.1.